The molecule has 2 heterocycles. The first-order chi connectivity index (χ1) is 9.29. The van der Waals surface area contributed by atoms with Crippen molar-refractivity contribution in [2.75, 3.05) is 0 Å². The van der Waals surface area contributed by atoms with Gasteiger partial charge < -0.3 is 9.84 Å². The van der Waals surface area contributed by atoms with E-state index in [1.807, 2.05) is 53.2 Å². The minimum Gasteiger partial charge on any atom is -0.468 e. The van der Waals surface area contributed by atoms with E-state index in [1.165, 1.54) is 11.3 Å². The van der Waals surface area contributed by atoms with E-state index in [1.54, 1.807) is 0 Å². The number of fused-ring (bicyclic) bond motifs is 1. The van der Waals surface area contributed by atoms with E-state index >= 15 is 0 Å². The molecule has 1 N–H and O–H groups in total. The van der Waals surface area contributed by atoms with Crippen molar-refractivity contribution in [2.45, 2.75) is 19.6 Å². The number of aliphatic hydroxyl groups excluding tert-OH is 1. The number of thiazole rings is 1. The van der Waals surface area contributed by atoms with Crippen molar-refractivity contribution in [3.63, 3.8) is 0 Å². The Morgan fingerprint density at radius 3 is 2.89 bits per heavy atom. The van der Waals surface area contributed by atoms with Gasteiger partial charge in [-0.05, 0) is 12.5 Å². The van der Waals surface area contributed by atoms with Crippen LogP contribution in [-0.2, 0) is 6.61 Å². The quantitative estimate of drug-likeness (QED) is 0.795. The third-order valence-electron chi connectivity index (χ3n) is 3.03. The third kappa shape index (κ3) is 2.22. The number of rotatable bonds is 4. The lowest BCUT2D eigenvalue weighted by Gasteiger charge is -2.13. The van der Waals surface area contributed by atoms with Gasteiger partial charge in [0.2, 0.25) is 5.88 Å². The van der Waals surface area contributed by atoms with Gasteiger partial charge in [0.1, 0.15) is 11.8 Å². The summed E-state index contributed by atoms with van der Waals surface area (Å²) in [4.78, 5) is 5.24. The Morgan fingerprint density at radius 2 is 2.16 bits per heavy atom. The Balaban J connectivity index is 1.90. The van der Waals surface area contributed by atoms with Gasteiger partial charge in [-0.3, -0.25) is 4.40 Å². The molecular formula is C14H14N2O2S. The standard InChI is InChI=1S/C14H14N2O2S/c1-10(11-5-3-2-4-6-11)18-13-12(9-17)16-7-8-19-14(16)15-13/h2-8,10,17H,9H2,1H3. The maximum Gasteiger partial charge on any atom is 0.239 e. The molecule has 4 nitrogen and oxygen atoms in total. The van der Waals surface area contributed by atoms with Gasteiger partial charge in [0.05, 0.1) is 6.61 Å². The van der Waals surface area contributed by atoms with E-state index in [0.717, 1.165) is 10.5 Å². The summed E-state index contributed by atoms with van der Waals surface area (Å²) in [5, 5.41) is 11.4. The molecule has 0 saturated carbocycles. The first kappa shape index (κ1) is 12.2. The third-order valence-corrected chi connectivity index (χ3v) is 3.79. The van der Waals surface area contributed by atoms with Crippen LogP contribution in [0, 0.1) is 0 Å². The van der Waals surface area contributed by atoms with E-state index in [4.69, 9.17) is 4.74 Å². The van der Waals surface area contributed by atoms with Gasteiger partial charge in [-0.2, -0.15) is 4.98 Å². The minimum atomic E-state index is -0.101. The fourth-order valence-electron chi connectivity index (χ4n) is 2.01. The Bertz CT molecular complexity index is 675. The maximum absolute atomic E-state index is 9.47. The zero-order valence-corrected chi connectivity index (χ0v) is 11.3. The molecule has 19 heavy (non-hydrogen) atoms. The van der Waals surface area contributed by atoms with Crippen LogP contribution in [0.2, 0.25) is 0 Å². The molecular weight excluding hydrogens is 260 g/mol. The summed E-state index contributed by atoms with van der Waals surface area (Å²) < 4.78 is 7.74. The molecule has 0 spiro atoms. The van der Waals surface area contributed by atoms with Gasteiger partial charge in [-0.1, -0.05) is 30.3 Å². The number of hydrogen-bond donors (Lipinski definition) is 1. The summed E-state index contributed by atoms with van der Waals surface area (Å²) >= 11 is 1.52. The van der Waals surface area contributed by atoms with Gasteiger partial charge >= 0.3 is 0 Å². The second-order valence-corrected chi connectivity index (χ2v) is 5.12. The van der Waals surface area contributed by atoms with Gasteiger partial charge in [-0.15, -0.1) is 11.3 Å². The fraction of sp³-hybridized carbons (Fsp3) is 0.214. The molecule has 0 bridgehead atoms. The van der Waals surface area contributed by atoms with Crippen LogP contribution in [0.25, 0.3) is 4.96 Å². The molecule has 0 saturated heterocycles. The molecule has 98 valence electrons. The number of ether oxygens (including phenoxy) is 1. The summed E-state index contributed by atoms with van der Waals surface area (Å²) in [6.07, 6.45) is 1.79. The minimum absolute atomic E-state index is 0.0885. The monoisotopic (exact) mass is 274 g/mol. The molecule has 0 aliphatic heterocycles. The van der Waals surface area contributed by atoms with Crippen molar-refractivity contribution < 1.29 is 9.84 Å². The van der Waals surface area contributed by atoms with Crippen LogP contribution in [0.5, 0.6) is 5.88 Å². The van der Waals surface area contributed by atoms with Crippen LogP contribution in [0.1, 0.15) is 24.3 Å². The number of nitrogens with zero attached hydrogens (tertiary/aromatic N) is 2. The lowest BCUT2D eigenvalue weighted by Crippen LogP contribution is -2.05. The average molecular weight is 274 g/mol. The van der Waals surface area contributed by atoms with Crippen molar-refractivity contribution in [3.8, 4) is 5.88 Å². The number of imidazole rings is 1. The Morgan fingerprint density at radius 1 is 1.37 bits per heavy atom. The van der Waals surface area contributed by atoms with E-state index in [-0.39, 0.29) is 12.7 Å². The van der Waals surface area contributed by atoms with E-state index in [2.05, 4.69) is 4.98 Å². The highest BCUT2D eigenvalue weighted by Gasteiger charge is 2.16. The van der Waals surface area contributed by atoms with E-state index < -0.39 is 0 Å². The lowest BCUT2D eigenvalue weighted by molar-refractivity contribution is 0.204. The zero-order chi connectivity index (χ0) is 13.2. The summed E-state index contributed by atoms with van der Waals surface area (Å²) in [5.74, 6) is 0.505. The van der Waals surface area contributed by atoms with Crippen molar-refractivity contribution in [2.24, 2.45) is 0 Å². The number of hydrogen-bond acceptors (Lipinski definition) is 4. The summed E-state index contributed by atoms with van der Waals surface area (Å²) in [7, 11) is 0. The molecule has 1 aromatic carbocycles. The molecule has 0 radical (unpaired) electrons. The number of aromatic nitrogens is 2. The maximum atomic E-state index is 9.47. The molecule has 3 aromatic rings. The van der Waals surface area contributed by atoms with Crippen molar-refractivity contribution in [3.05, 3.63) is 53.2 Å². The van der Waals surface area contributed by atoms with Crippen molar-refractivity contribution in [1.82, 2.24) is 9.38 Å². The molecule has 0 aliphatic carbocycles. The highest BCUT2D eigenvalue weighted by molar-refractivity contribution is 7.15. The second-order valence-electron chi connectivity index (χ2n) is 4.25. The molecule has 1 atom stereocenters. The highest BCUT2D eigenvalue weighted by Crippen LogP contribution is 2.27. The smallest absolute Gasteiger partial charge is 0.239 e. The first-order valence-electron chi connectivity index (χ1n) is 6.06. The van der Waals surface area contributed by atoms with Crippen LogP contribution in [0.4, 0.5) is 0 Å². The van der Waals surface area contributed by atoms with Crippen LogP contribution in [0.3, 0.4) is 0 Å². The molecule has 0 fully saturated rings. The SMILES string of the molecule is CC(Oc1nc2sccn2c1CO)c1ccccc1. The predicted molar refractivity (Wildman–Crippen MR) is 74.5 cm³/mol. The Labute approximate surface area is 114 Å². The lowest BCUT2D eigenvalue weighted by atomic mass is 10.1. The summed E-state index contributed by atoms with van der Waals surface area (Å²) in [5.41, 5.74) is 1.78. The topological polar surface area (TPSA) is 46.8 Å². The highest BCUT2D eigenvalue weighted by atomic mass is 32.1. The van der Waals surface area contributed by atoms with Crippen LogP contribution < -0.4 is 4.74 Å². The van der Waals surface area contributed by atoms with Gasteiger partial charge in [0.15, 0.2) is 4.96 Å². The molecule has 0 aliphatic rings. The molecule has 5 heteroatoms. The predicted octanol–water partition coefficient (Wildman–Crippen LogP) is 3.03. The van der Waals surface area contributed by atoms with Crippen molar-refractivity contribution in [1.29, 1.82) is 0 Å². The molecule has 3 rings (SSSR count). The zero-order valence-electron chi connectivity index (χ0n) is 10.5. The normalized spacial score (nSPS) is 12.7. The van der Waals surface area contributed by atoms with Gasteiger partial charge in [0, 0.05) is 11.6 Å². The second kappa shape index (κ2) is 5.03. The van der Waals surface area contributed by atoms with E-state index in [9.17, 15) is 5.11 Å². The Hall–Kier alpha value is -1.85. The van der Waals surface area contributed by atoms with Crippen LogP contribution >= 0.6 is 11.3 Å². The molecule has 2 aromatic heterocycles. The number of aliphatic hydroxyl groups is 1. The van der Waals surface area contributed by atoms with Gasteiger partial charge in [-0.25, -0.2) is 0 Å². The fourth-order valence-corrected chi connectivity index (χ4v) is 2.74. The molecule has 1 unspecified atom stereocenters. The van der Waals surface area contributed by atoms with Crippen LogP contribution in [-0.4, -0.2) is 14.5 Å². The first-order valence-corrected chi connectivity index (χ1v) is 6.94. The van der Waals surface area contributed by atoms with Crippen molar-refractivity contribution >= 4 is 16.3 Å². The summed E-state index contributed by atoms with van der Waals surface area (Å²) in [6.45, 7) is 1.89. The van der Waals surface area contributed by atoms with Crippen LogP contribution in [0.15, 0.2) is 41.9 Å². The van der Waals surface area contributed by atoms with Gasteiger partial charge in [0.25, 0.3) is 0 Å². The average Bonchev–Trinajstić information content (AvgIpc) is 3.00. The largest absolute Gasteiger partial charge is 0.468 e. The number of benzene rings is 1. The Kier molecular flexibility index (Phi) is 3.23. The summed E-state index contributed by atoms with van der Waals surface area (Å²) in [6, 6.07) is 9.97. The van der Waals surface area contributed by atoms with E-state index in [0.29, 0.717) is 11.6 Å². The molecule has 0 amide bonds.